The molecule has 3 amide bonds. The number of hydrogen-bond donors (Lipinski definition) is 3. The SMILES string of the molecule is C=CC(=O)Nc1ccc(C(=O)NNC(=O)c2ccc(F)cc2Br)cc1. The Morgan fingerprint density at radius 1 is 1.00 bits per heavy atom. The number of hydrazine groups is 1. The normalized spacial score (nSPS) is 9.84. The van der Waals surface area contributed by atoms with Crippen LogP contribution in [-0.4, -0.2) is 17.7 Å². The van der Waals surface area contributed by atoms with Crippen molar-refractivity contribution in [3.05, 3.63) is 76.5 Å². The van der Waals surface area contributed by atoms with Crippen LogP contribution in [0.15, 0.2) is 59.6 Å². The Labute approximate surface area is 151 Å². The summed E-state index contributed by atoms with van der Waals surface area (Å²) >= 11 is 3.08. The van der Waals surface area contributed by atoms with Crippen molar-refractivity contribution in [3.8, 4) is 0 Å². The smallest absolute Gasteiger partial charge is 0.270 e. The Balaban J connectivity index is 1.96. The van der Waals surface area contributed by atoms with Gasteiger partial charge >= 0.3 is 0 Å². The van der Waals surface area contributed by atoms with E-state index in [2.05, 4.69) is 38.7 Å². The molecule has 128 valence electrons. The molecule has 8 heteroatoms. The third kappa shape index (κ3) is 4.98. The van der Waals surface area contributed by atoms with Crippen LogP contribution in [-0.2, 0) is 4.79 Å². The van der Waals surface area contributed by atoms with Gasteiger partial charge in [0.15, 0.2) is 0 Å². The number of benzene rings is 2. The topological polar surface area (TPSA) is 87.3 Å². The van der Waals surface area contributed by atoms with Crippen LogP contribution in [0.1, 0.15) is 20.7 Å². The number of hydrogen-bond acceptors (Lipinski definition) is 3. The number of rotatable bonds is 4. The van der Waals surface area contributed by atoms with Gasteiger partial charge < -0.3 is 5.32 Å². The van der Waals surface area contributed by atoms with Crippen LogP contribution in [0.4, 0.5) is 10.1 Å². The van der Waals surface area contributed by atoms with Crippen molar-refractivity contribution in [3.63, 3.8) is 0 Å². The Kier molecular flexibility index (Phi) is 6.02. The molecule has 0 saturated carbocycles. The van der Waals surface area contributed by atoms with Crippen LogP contribution in [0.2, 0.25) is 0 Å². The van der Waals surface area contributed by atoms with Gasteiger partial charge in [-0.25, -0.2) is 4.39 Å². The fourth-order valence-electron chi connectivity index (χ4n) is 1.82. The first-order valence-electron chi connectivity index (χ1n) is 7.00. The minimum Gasteiger partial charge on any atom is -0.323 e. The molecule has 2 rings (SSSR count). The van der Waals surface area contributed by atoms with Crippen LogP contribution >= 0.6 is 15.9 Å². The van der Waals surface area contributed by atoms with E-state index in [1.54, 1.807) is 0 Å². The molecule has 0 fully saturated rings. The van der Waals surface area contributed by atoms with Crippen LogP contribution in [0.3, 0.4) is 0 Å². The molecule has 0 aliphatic rings. The Morgan fingerprint density at radius 2 is 1.64 bits per heavy atom. The Hall–Kier alpha value is -3.00. The molecular formula is C17H13BrFN3O3. The van der Waals surface area contributed by atoms with Gasteiger partial charge in [-0.05, 0) is 64.5 Å². The maximum atomic E-state index is 13.0. The lowest BCUT2D eigenvalue weighted by Crippen LogP contribution is -2.41. The highest BCUT2D eigenvalue weighted by Gasteiger charge is 2.12. The fourth-order valence-corrected chi connectivity index (χ4v) is 2.36. The third-order valence-electron chi connectivity index (χ3n) is 3.07. The first-order chi connectivity index (χ1) is 11.9. The van der Waals surface area contributed by atoms with Gasteiger partial charge in [-0.1, -0.05) is 6.58 Å². The predicted octanol–water partition coefficient (Wildman–Crippen LogP) is 2.79. The third-order valence-corrected chi connectivity index (χ3v) is 3.72. The zero-order valence-electron chi connectivity index (χ0n) is 12.8. The van der Waals surface area contributed by atoms with Gasteiger partial charge in [-0.15, -0.1) is 0 Å². The summed E-state index contributed by atoms with van der Waals surface area (Å²) in [7, 11) is 0. The maximum Gasteiger partial charge on any atom is 0.270 e. The summed E-state index contributed by atoms with van der Waals surface area (Å²) < 4.78 is 13.3. The van der Waals surface area contributed by atoms with Gasteiger partial charge in [-0.2, -0.15) is 0 Å². The van der Waals surface area contributed by atoms with Gasteiger partial charge in [0.05, 0.1) is 5.56 Å². The summed E-state index contributed by atoms with van der Waals surface area (Å²) in [5, 5.41) is 2.55. The molecule has 0 aliphatic heterocycles. The standard InChI is InChI=1S/C17H13BrFN3O3/c1-2-15(23)20-12-6-3-10(4-7-12)16(24)21-22-17(25)13-8-5-11(19)9-14(13)18/h2-9H,1H2,(H,20,23)(H,21,24)(H,22,25). The highest BCUT2D eigenvalue weighted by molar-refractivity contribution is 9.10. The van der Waals surface area contributed by atoms with Crippen molar-refractivity contribution >= 4 is 39.3 Å². The molecule has 2 aromatic carbocycles. The summed E-state index contributed by atoms with van der Waals surface area (Å²) in [5.41, 5.74) is 5.44. The van der Waals surface area contributed by atoms with Gasteiger partial charge in [0.1, 0.15) is 5.82 Å². The number of carbonyl (C=O) groups is 3. The maximum absolute atomic E-state index is 13.0. The van der Waals surface area contributed by atoms with Crippen LogP contribution in [0, 0.1) is 5.82 Å². The molecule has 2 aromatic rings. The molecule has 0 atom stereocenters. The highest BCUT2D eigenvalue weighted by Crippen LogP contribution is 2.17. The monoisotopic (exact) mass is 405 g/mol. The van der Waals surface area contributed by atoms with E-state index in [4.69, 9.17) is 0 Å². The lowest BCUT2D eigenvalue weighted by atomic mass is 10.2. The minimum absolute atomic E-state index is 0.171. The highest BCUT2D eigenvalue weighted by atomic mass is 79.9. The predicted molar refractivity (Wildman–Crippen MR) is 94.3 cm³/mol. The average molecular weight is 406 g/mol. The second-order valence-electron chi connectivity index (χ2n) is 4.80. The molecule has 0 bridgehead atoms. The molecule has 3 N–H and O–H groups in total. The number of halogens is 2. The molecule has 0 aromatic heterocycles. The van der Waals surface area contributed by atoms with E-state index in [0.717, 1.165) is 18.2 Å². The number of amides is 3. The van der Waals surface area contributed by atoms with Crippen molar-refractivity contribution in [1.82, 2.24) is 10.9 Å². The zero-order valence-corrected chi connectivity index (χ0v) is 14.4. The zero-order chi connectivity index (χ0) is 18.4. The summed E-state index contributed by atoms with van der Waals surface area (Å²) in [6.45, 7) is 3.34. The van der Waals surface area contributed by atoms with Crippen LogP contribution < -0.4 is 16.2 Å². The Morgan fingerprint density at radius 3 is 2.24 bits per heavy atom. The number of nitrogens with one attached hydrogen (secondary N) is 3. The van der Waals surface area contributed by atoms with E-state index < -0.39 is 17.6 Å². The van der Waals surface area contributed by atoms with E-state index in [0.29, 0.717) is 5.69 Å². The van der Waals surface area contributed by atoms with E-state index in [-0.39, 0.29) is 21.5 Å². The fraction of sp³-hybridized carbons (Fsp3) is 0. The molecule has 25 heavy (non-hydrogen) atoms. The lowest BCUT2D eigenvalue weighted by molar-refractivity contribution is -0.111. The molecule has 0 unspecified atom stereocenters. The van der Waals surface area contributed by atoms with Gasteiger partial charge in [0.25, 0.3) is 11.8 Å². The average Bonchev–Trinajstić information content (AvgIpc) is 2.60. The largest absolute Gasteiger partial charge is 0.323 e. The van der Waals surface area contributed by atoms with Crippen LogP contribution in [0.25, 0.3) is 0 Å². The minimum atomic E-state index is -0.602. The summed E-state index contributed by atoms with van der Waals surface area (Å²) in [6, 6.07) is 9.61. The summed E-state index contributed by atoms with van der Waals surface area (Å²) in [5.74, 6) is -2.01. The van der Waals surface area contributed by atoms with Crippen molar-refractivity contribution in [1.29, 1.82) is 0 Å². The van der Waals surface area contributed by atoms with E-state index >= 15 is 0 Å². The molecule has 6 nitrogen and oxygen atoms in total. The quantitative estimate of drug-likeness (QED) is 0.539. The summed E-state index contributed by atoms with van der Waals surface area (Å²) in [4.78, 5) is 35.2. The molecule has 0 saturated heterocycles. The van der Waals surface area contributed by atoms with Gasteiger partial charge in [-0.3, -0.25) is 25.2 Å². The lowest BCUT2D eigenvalue weighted by Gasteiger charge is -2.09. The molecule has 0 spiro atoms. The molecule has 0 aliphatic carbocycles. The number of carbonyl (C=O) groups excluding carboxylic acids is 3. The second-order valence-corrected chi connectivity index (χ2v) is 5.66. The van der Waals surface area contributed by atoms with Crippen molar-refractivity contribution in [2.24, 2.45) is 0 Å². The van der Waals surface area contributed by atoms with Crippen molar-refractivity contribution in [2.45, 2.75) is 0 Å². The Bertz CT molecular complexity index is 838. The van der Waals surface area contributed by atoms with E-state index in [9.17, 15) is 18.8 Å². The molecule has 0 heterocycles. The van der Waals surface area contributed by atoms with Crippen molar-refractivity contribution in [2.75, 3.05) is 5.32 Å². The van der Waals surface area contributed by atoms with E-state index in [1.807, 2.05) is 0 Å². The summed E-state index contributed by atoms with van der Waals surface area (Å²) in [6.07, 6.45) is 1.13. The van der Waals surface area contributed by atoms with E-state index in [1.165, 1.54) is 30.3 Å². The first kappa shape index (κ1) is 18.3. The molecular weight excluding hydrogens is 393 g/mol. The van der Waals surface area contributed by atoms with Gasteiger partial charge in [0.2, 0.25) is 5.91 Å². The molecule has 0 radical (unpaired) electrons. The van der Waals surface area contributed by atoms with Crippen molar-refractivity contribution < 1.29 is 18.8 Å². The van der Waals surface area contributed by atoms with Gasteiger partial charge in [0, 0.05) is 15.7 Å². The number of anilines is 1. The first-order valence-corrected chi connectivity index (χ1v) is 7.79. The van der Waals surface area contributed by atoms with Crippen LogP contribution in [0.5, 0.6) is 0 Å². The second kappa shape index (κ2) is 8.20.